The van der Waals surface area contributed by atoms with Gasteiger partial charge in [0.15, 0.2) is 0 Å². The fourth-order valence-electron chi connectivity index (χ4n) is 5.03. The number of aromatic amines is 1. The zero-order valence-corrected chi connectivity index (χ0v) is 18.6. The summed E-state index contributed by atoms with van der Waals surface area (Å²) in [6, 6.07) is 10.2. The highest BCUT2D eigenvalue weighted by atomic mass is 35.5. The van der Waals surface area contributed by atoms with Crippen LogP contribution in [0.1, 0.15) is 50.1 Å². The van der Waals surface area contributed by atoms with Gasteiger partial charge >= 0.3 is 0 Å². The van der Waals surface area contributed by atoms with E-state index in [1.165, 1.54) is 11.6 Å². The smallest absolute Gasteiger partial charge is 0.274 e. The maximum Gasteiger partial charge on any atom is 0.274 e. The van der Waals surface area contributed by atoms with Gasteiger partial charge in [-0.3, -0.25) is 14.9 Å². The Bertz CT molecular complexity index is 1340. The van der Waals surface area contributed by atoms with E-state index in [2.05, 4.69) is 17.0 Å². The molecule has 1 saturated carbocycles. The normalized spacial score (nSPS) is 20.4. The highest BCUT2D eigenvalue weighted by Gasteiger charge is 2.29. The Morgan fingerprint density at radius 1 is 1.06 bits per heavy atom. The van der Waals surface area contributed by atoms with Crippen LogP contribution in [-0.4, -0.2) is 14.8 Å². The van der Waals surface area contributed by atoms with Crippen molar-refractivity contribution in [2.45, 2.75) is 44.6 Å². The topological polar surface area (TPSA) is 50.7 Å². The molecule has 2 heterocycles. The van der Waals surface area contributed by atoms with Gasteiger partial charge in [0.05, 0.1) is 32.5 Å². The van der Waals surface area contributed by atoms with Crippen molar-refractivity contribution in [3.05, 3.63) is 74.4 Å². The Kier molecular flexibility index (Phi) is 5.27. The maximum absolute atomic E-state index is 13.8. The van der Waals surface area contributed by atoms with Crippen molar-refractivity contribution in [1.82, 2.24) is 14.8 Å². The molecule has 4 aromatic rings. The minimum Gasteiger partial charge on any atom is -0.295 e. The van der Waals surface area contributed by atoms with Crippen LogP contribution in [0.25, 0.3) is 21.8 Å². The lowest BCUT2D eigenvalue weighted by molar-refractivity contribution is 0.233. The predicted octanol–water partition coefficient (Wildman–Crippen LogP) is 6.86. The Balaban J connectivity index is 1.38. The van der Waals surface area contributed by atoms with E-state index in [4.69, 9.17) is 23.2 Å². The van der Waals surface area contributed by atoms with Crippen molar-refractivity contribution in [3.63, 3.8) is 0 Å². The van der Waals surface area contributed by atoms with Crippen LogP contribution in [0.15, 0.2) is 47.4 Å². The average Bonchev–Trinajstić information content (AvgIpc) is 3.08. The lowest BCUT2D eigenvalue weighted by Gasteiger charge is -2.33. The van der Waals surface area contributed by atoms with Gasteiger partial charge < -0.3 is 0 Å². The summed E-state index contributed by atoms with van der Waals surface area (Å²) in [4.78, 5) is 17.3. The molecule has 31 heavy (non-hydrogen) atoms. The molecule has 2 aromatic heterocycles. The van der Waals surface area contributed by atoms with Crippen molar-refractivity contribution in [2.75, 3.05) is 0 Å². The largest absolute Gasteiger partial charge is 0.295 e. The summed E-state index contributed by atoms with van der Waals surface area (Å²) in [5, 5.41) is 5.48. The molecule has 160 valence electrons. The molecule has 0 radical (unpaired) electrons. The summed E-state index contributed by atoms with van der Waals surface area (Å²) in [6.07, 6.45) is 5.79. The van der Waals surface area contributed by atoms with Crippen LogP contribution in [-0.2, 0) is 0 Å². The first-order chi connectivity index (χ1) is 14.9. The summed E-state index contributed by atoms with van der Waals surface area (Å²) in [7, 11) is 0. The molecule has 1 atom stereocenters. The van der Waals surface area contributed by atoms with Crippen molar-refractivity contribution >= 4 is 45.0 Å². The van der Waals surface area contributed by atoms with Crippen LogP contribution in [0.4, 0.5) is 4.39 Å². The lowest BCUT2D eigenvalue weighted by atomic mass is 9.75. The summed E-state index contributed by atoms with van der Waals surface area (Å²) in [6.45, 7) is 2.09. The third kappa shape index (κ3) is 3.64. The standard InChI is InChI=1S/C24H22Cl2FN3O/c1-13(30-24(31)19-11-20(25)21(26)12-23(19)29-30)14-2-4-15(5-3-14)17-8-9-28-22-7-6-16(27)10-18(17)22/h6-15,29H,2-5H2,1H3/t13-,14?,15?/m1/s1. The molecule has 0 bridgehead atoms. The van der Waals surface area contributed by atoms with Crippen molar-refractivity contribution in [3.8, 4) is 0 Å². The molecule has 1 fully saturated rings. The molecule has 4 nitrogen and oxygen atoms in total. The van der Waals surface area contributed by atoms with E-state index in [-0.39, 0.29) is 17.4 Å². The van der Waals surface area contributed by atoms with Crippen molar-refractivity contribution < 1.29 is 4.39 Å². The number of fused-ring (bicyclic) bond motifs is 2. The van der Waals surface area contributed by atoms with Gasteiger partial charge in [-0.05, 0) is 86.4 Å². The molecular weight excluding hydrogens is 436 g/mol. The minimum atomic E-state index is -0.234. The van der Waals surface area contributed by atoms with Crippen LogP contribution >= 0.6 is 23.2 Å². The van der Waals surface area contributed by atoms with E-state index in [1.807, 2.05) is 12.3 Å². The average molecular weight is 458 g/mol. The van der Waals surface area contributed by atoms with Gasteiger partial charge in [-0.15, -0.1) is 0 Å². The number of hydrogen-bond donors (Lipinski definition) is 1. The first kappa shape index (κ1) is 20.5. The number of rotatable bonds is 3. The molecule has 1 aliphatic rings. The lowest BCUT2D eigenvalue weighted by Crippen LogP contribution is -2.28. The highest BCUT2D eigenvalue weighted by molar-refractivity contribution is 6.42. The van der Waals surface area contributed by atoms with E-state index >= 15 is 0 Å². The van der Waals surface area contributed by atoms with E-state index < -0.39 is 0 Å². The first-order valence-electron chi connectivity index (χ1n) is 10.6. The molecule has 7 heteroatoms. The van der Waals surface area contributed by atoms with Crippen LogP contribution in [0.5, 0.6) is 0 Å². The molecular formula is C24H22Cl2FN3O. The summed E-state index contributed by atoms with van der Waals surface area (Å²) >= 11 is 12.2. The van der Waals surface area contributed by atoms with Crippen LogP contribution in [0.3, 0.4) is 0 Å². The molecule has 0 aliphatic heterocycles. The number of H-pyrrole nitrogens is 1. The van der Waals surface area contributed by atoms with Gasteiger partial charge in [0, 0.05) is 11.6 Å². The zero-order chi connectivity index (χ0) is 21.7. The van der Waals surface area contributed by atoms with E-state index in [0.717, 1.165) is 36.6 Å². The van der Waals surface area contributed by atoms with Crippen LogP contribution in [0.2, 0.25) is 10.0 Å². The summed E-state index contributed by atoms with van der Waals surface area (Å²) in [5.74, 6) is 0.507. The number of nitrogens with one attached hydrogen (secondary N) is 1. The monoisotopic (exact) mass is 457 g/mol. The zero-order valence-electron chi connectivity index (χ0n) is 17.0. The van der Waals surface area contributed by atoms with Gasteiger partial charge in [-0.25, -0.2) is 9.07 Å². The molecule has 0 spiro atoms. The third-order valence-electron chi connectivity index (χ3n) is 6.79. The summed E-state index contributed by atoms with van der Waals surface area (Å²) in [5.41, 5.74) is 2.63. The van der Waals surface area contributed by atoms with E-state index in [9.17, 15) is 9.18 Å². The quantitative estimate of drug-likeness (QED) is 0.365. The molecule has 5 rings (SSSR count). The minimum absolute atomic E-state index is 0.0324. The number of pyridine rings is 1. The number of benzene rings is 2. The van der Waals surface area contributed by atoms with E-state index in [1.54, 1.807) is 28.9 Å². The molecule has 0 amide bonds. The van der Waals surface area contributed by atoms with Gasteiger partial charge in [0.25, 0.3) is 5.56 Å². The SMILES string of the molecule is C[C@H](C1CCC(c2ccnc3ccc(F)cc23)CC1)n1[nH]c2cc(Cl)c(Cl)cc2c1=O. The number of hydrogen-bond acceptors (Lipinski definition) is 2. The maximum atomic E-state index is 13.8. The predicted molar refractivity (Wildman–Crippen MR) is 124 cm³/mol. The number of nitrogens with zero attached hydrogens (tertiary/aromatic N) is 2. The first-order valence-corrected chi connectivity index (χ1v) is 11.3. The second kappa shape index (κ2) is 7.95. The van der Waals surface area contributed by atoms with Gasteiger partial charge in [-0.2, -0.15) is 0 Å². The molecule has 0 unspecified atom stereocenters. The molecule has 1 N–H and O–H groups in total. The van der Waals surface area contributed by atoms with Gasteiger partial charge in [0.1, 0.15) is 5.82 Å². The molecule has 2 aromatic carbocycles. The second-order valence-electron chi connectivity index (χ2n) is 8.51. The molecule has 1 aliphatic carbocycles. The van der Waals surface area contributed by atoms with Gasteiger partial charge in [-0.1, -0.05) is 23.2 Å². The number of halogens is 3. The fourth-order valence-corrected chi connectivity index (χ4v) is 5.36. The molecule has 0 saturated heterocycles. The van der Waals surface area contributed by atoms with Gasteiger partial charge in [0.2, 0.25) is 0 Å². The van der Waals surface area contributed by atoms with Crippen molar-refractivity contribution in [2.24, 2.45) is 5.92 Å². The Hall–Kier alpha value is -2.37. The second-order valence-corrected chi connectivity index (χ2v) is 9.33. The summed E-state index contributed by atoms with van der Waals surface area (Å²) < 4.78 is 15.5. The van der Waals surface area contributed by atoms with Crippen molar-refractivity contribution in [1.29, 1.82) is 0 Å². The fraction of sp³-hybridized carbons (Fsp3) is 0.333. The van der Waals surface area contributed by atoms with E-state index in [0.29, 0.717) is 32.8 Å². The highest BCUT2D eigenvalue weighted by Crippen LogP contribution is 2.41. The van der Waals surface area contributed by atoms with Crippen LogP contribution < -0.4 is 5.56 Å². The Morgan fingerprint density at radius 2 is 1.81 bits per heavy atom. The Morgan fingerprint density at radius 3 is 2.58 bits per heavy atom. The Labute approximate surface area is 189 Å². The third-order valence-corrected chi connectivity index (χ3v) is 7.51. The number of aromatic nitrogens is 3. The van der Waals surface area contributed by atoms with Crippen LogP contribution in [0, 0.1) is 11.7 Å².